The highest BCUT2D eigenvalue weighted by atomic mass is 35.5. The lowest BCUT2D eigenvalue weighted by Gasteiger charge is -2.45. The second-order valence-electron chi connectivity index (χ2n) is 9.88. The molecule has 0 aliphatic carbocycles. The molecule has 0 unspecified atom stereocenters. The van der Waals surface area contributed by atoms with Gasteiger partial charge in [0.15, 0.2) is 0 Å². The zero-order chi connectivity index (χ0) is 21.4. The quantitative estimate of drug-likeness (QED) is 0.297. The summed E-state index contributed by atoms with van der Waals surface area (Å²) in [4.78, 5) is 4.48. The first-order chi connectivity index (χ1) is 13.8. The van der Waals surface area contributed by atoms with Gasteiger partial charge in [-0.3, -0.25) is 0 Å². The molecule has 0 atom stereocenters. The Morgan fingerprint density at radius 2 is 1.41 bits per heavy atom. The third kappa shape index (κ3) is 6.23. The lowest BCUT2D eigenvalue weighted by Crippen LogP contribution is -2.38. The van der Waals surface area contributed by atoms with Gasteiger partial charge >= 0.3 is 0 Å². The van der Waals surface area contributed by atoms with Crippen molar-refractivity contribution in [2.75, 3.05) is 0 Å². The molecule has 0 amide bonds. The highest BCUT2D eigenvalue weighted by molar-refractivity contribution is 6.31. The fourth-order valence-corrected chi connectivity index (χ4v) is 5.86. The number of nitrogens with zero attached hydrogens (tertiary/aromatic N) is 2. The van der Waals surface area contributed by atoms with Gasteiger partial charge in [0.2, 0.25) is 0 Å². The summed E-state index contributed by atoms with van der Waals surface area (Å²) >= 11 is 6.02. The number of hydrogen-bond donors (Lipinski definition) is 0. The molecule has 0 aliphatic rings. The molecule has 164 valence electrons. The molecule has 0 spiro atoms. The van der Waals surface area contributed by atoms with Crippen molar-refractivity contribution in [3.63, 3.8) is 0 Å². The highest BCUT2D eigenvalue weighted by Crippen LogP contribution is 2.47. The second kappa shape index (κ2) is 11.4. The van der Waals surface area contributed by atoms with Crippen LogP contribution in [-0.2, 0) is 6.54 Å². The standard InChI is InChI=1S/C26H43ClN2/c1-20(2)26(21(3)4,22(5)6)15-12-10-8-7-9-11-13-16-29-17-14-23-18-24(27)19-28-25(23)29/h14,17-22H,7-13,15-16H2,1-6H3. The van der Waals surface area contributed by atoms with E-state index in [0.717, 1.165) is 35.3 Å². The minimum atomic E-state index is 0.498. The first-order valence-corrected chi connectivity index (χ1v) is 12.3. The summed E-state index contributed by atoms with van der Waals surface area (Å²) in [6.45, 7) is 15.6. The van der Waals surface area contributed by atoms with Crippen molar-refractivity contribution in [3.05, 3.63) is 29.5 Å². The molecule has 0 bridgehead atoms. The fraction of sp³-hybridized carbons (Fsp3) is 0.731. The Labute approximate surface area is 184 Å². The van der Waals surface area contributed by atoms with Crippen molar-refractivity contribution >= 4 is 22.6 Å². The van der Waals surface area contributed by atoms with E-state index in [0.29, 0.717) is 10.4 Å². The van der Waals surface area contributed by atoms with E-state index in [4.69, 9.17) is 11.6 Å². The molecular formula is C26H43ClN2. The number of aryl methyl sites for hydroxylation is 1. The van der Waals surface area contributed by atoms with Gasteiger partial charge in [0.25, 0.3) is 0 Å². The molecule has 2 rings (SSSR count). The van der Waals surface area contributed by atoms with Gasteiger partial charge in [-0.05, 0) is 48.1 Å². The lowest BCUT2D eigenvalue weighted by atomic mass is 9.60. The average Bonchev–Trinajstić information content (AvgIpc) is 3.04. The van der Waals surface area contributed by atoms with Gasteiger partial charge in [0.1, 0.15) is 5.65 Å². The van der Waals surface area contributed by atoms with E-state index >= 15 is 0 Å². The number of hydrogen-bond acceptors (Lipinski definition) is 1. The van der Waals surface area contributed by atoms with E-state index in [2.05, 4.69) is 63.4 Å². The second-order valence-corrected chi connectivity index (χ2v) is 10.3. The van der Waals surface area contributed by atoms with E-state index in [9.17, 15) is 0 Å². The number of pyridine rings is 1. The van der Waals surface area contributed by atoms with Gasteiger partial charge < -0.3 is 4.57 Å². The summed E-state index contributed by atoms with van der Waals surface area (Å²) in [6, 6.07) is 4.10. The zero-order valence-corrected chi connectivity index (χ0v) is 20.4. The van der Waals surface area contributed by atoms with Gasteiger partial charge in [-0.2, -0.15) is 0 Å². The number of aromatic nitrogens is 2. The van der Waals surface area contributed by atoms with Gasteiger partial charge in [0.05, 0.1) is 5.02 Å². The van der Waals surface area contributed by atoms with Crippen molar-refractivity contribution in [3.8, 4) is 0 Å². The summed E-state index contributed by atoms with van der Waals surface area (Å²) in [5.41, 5.74) is 1.55. The van der Waals surface area contributed by atoms with Crippen LogP contribution in [0, 0.1) is 23.2 Å². The maximum absolute atomic E-state index is 6.02. The highest BCUT2D eigenvalue weighted by Gasteiger charge is 2.39. The Hall–Kier alpha value is -1.02. The first-order valence-electron chi connectivity index (χ1n) is 11.9. The van der Waals surface area contributed by atoms with Crippen LogP contribution in [0.25, 0.3) is 11.0 Å². The zero-order valence-electron chi connectivity index (χ0n) is 19.7. The minimum Gasteiger partial charge on any atom is -0.333 e. The Morgan fingerprint density at radius 1 is 0.862 bits per heavy atom. The monoisotopic (exact) mass is 418 g/mol. The number of unbranched alkanes of at least 4 members (excludes halogenated alkanes) is 6. The summed E-state index contributed by atoms with van der Waals surface area (Å²) in [6.07, 6.45) is 14.7. The average molecular weight is 419 g/mol. The van der Waals surface area contributed by atoms with Crippen molar-refractivity contribution < 1.29 is 0 Å². The van der Waals surface area contributed by atoms with Gasteiger partial charge in [-0.1, -0.05) is 91.7 Å². The Kier molecular flexibility index (Phi) is 9.53. The van der Waals surface area contributed by atoms with Crippen LogP contribution in [0.2, 0.25) is 5.02 Å². The van der Waals surface area contributed by atoms with Crippen LogP contribution >= 0.6 is 11.6 Å². The van der Waals surface area contributed by atoms with E-state index in [1.165, 1.54) is 51.4 Å². The fourth-order valence-electron chi connectivity index (χ4n) is 5.69. The molecule has 29 heavy (non-hydrogen) atoms. The van der Waals surface area contributed by atoms with Gasteiger partial charge in [0, 0.05) is 24.3 Å². The molecule has 0 saturated carbocycles. The number of halogens is 1. The van der Waals surface area contributed by atoms with E-state index in [1.54, 1.807) is 6.20 Å². The van der Waals surface area contributed by atoms with E-state index in [1.807, 2.05) is 6.07 Å². The molecule has 0 fully saturated rings. The van der Waals surface area contributed by atoms with Crippen LogP contribution in [0.4, 0.5) is 0 Å². The summed E-state index contributed by atoms with van der Waals surface area (Å²) in [5.74, 6) is 2.29. The summed E-state index contributed by atoms with van der Waals surface area (Å²) in [7, 11) is 0. The summed E-state index contributed by atoms with van der Waals surface area (Å²) in [5, 5.41) is 1.85. The molecule has 0 aliphatic heterocycles. The van der Waals surface area contributed by atoms with Crippen molar-refractivity contribution in [1.29, 1.82) is 0 Å². The van der Waals surface area contributed by atoms with Crippen LogP contribution in [0.15, 0.2) is 24.5 Å². The van der Waals surface area contributed by atoms with Crippen molar-refractivity contribution in [2.24, 2.45) is 23.2 Å². The number of rotatable bonds is 13. The molecular weight excluding hydrogens is 376 g/mol. The van der Waals surface area contributed by atoms with Crippen molar-refractivity contribution in [2.45, 2.75) is 99.5 Å². The molecule has 2 aromatic rings. The number of fused-ring (bicyclic) bond motifs is 1. The molecule has 2 aromatic heterocycles. The maximum atomic E-state index is 6.02. The predicted molar refractivity (Wildman–Crippen MR) is 129 cm³/mol. The Balaban J connectivity index is 1.62. The van der Waals surface area contributed by atoms with E-state index in [-0.39, 0.29) is 0 Å². The van der Waals surface area contributed by atoms with Crippen LogP contribution in [0.3, 0.4) is 0 Å². The molecule has 0 radical (unpaired) electrons. The molecule has 2 nitrogen and oxygen atoms in total. The SMILES string of the molecule is CC(C)C(CCCCCCCCCn1ccc2cc(Cl)cnc21)(C(C)C)C(C)C. The Morgan fingerprint density at radius 3 is 2.00 bits per heavy atom. The first kappa shape index (κ1) is 24.3. The molecule has 0 aromatic carbocycles. The van der Waals surface area contributed by atoms with Crippen LogP contribution in [-0.4, -0.2) is 9.55 Å². The molecule has 0 N–H and O–H groups in total. The predicted octanol–water partition coefficient (Wildman–Crippen LogP) is 8.76. The third-order valence-corrected chi connectivity index (χ3v) is 7.51. The van der Waals surface area contributed by atoms with Gasteiger partial charge in [-0.15, -0.1) is 0 Å². The third-order valence-electron chi connectivity index (χ3n) is 7.30. The lowest BCUT2D eigenvalue weighted by molar-refractivity contribution is 0.0356. The molecule has 3 heteroatoms. The largest absolute Gasteiger partial charge is 0.333 e. The topological polar surface area (TPSA) is 17.8 Å². The smallest absolute Gasteiger partial charge is 0.139 e. The molecule has 0 saturated heterocycles. The van der Waals surface area contributed by atoms with Crippen molar-refractivity contribution in [1.82, 2.24) is 9.55 Å². The van der Waals surface area contributed by atoms with E-state index < -0.39 is 0 Å². The normalized spacial score (nSPS) is 12.8. The Bertz CT molecular complexity index is 708. The van der Waals surface area contributed by atoms with Crippen LogP contribution < -0.4 is 0 Å². The van der Waals surface area contributed by atoms with Crippen LogP contribution in [0.5, 0.6) is 0 Å². The van der Waals surface area contributed by atoms with Crippen LogP contribution in [0.1, 0.15) is 92.9 Å². The summed E-state index contributed by atoms with van der Waals surface area (Å²) < 4.78 is 2.26. The van der Waals surface area contributed by atoms with Gasteiger partial charge in [-0.25, -0.2) is 4.98 Å². The maximum Gasteiger partial charge on any atom is 0.139 e. The molecule has 2 heterocycles. The minimum absolute atomic E-state index is 0.498.